The highest BCUT2D eigenvalue weighted by Gasteiger charge is 2.19. The number of hydrogen-bond acceptors (Lipinski definition) is 4. The fourth-order valence-electron chi connectivity index (χ4n) is 3.29. The number of nitrogens with zero attached hydrogens (tertiary/aromatic N) is 3. The molecule has 7 heteroatoms. The highest BCUT2D eigenvalue weighted by molar-refractivity contribution is 6.30. The van der Waals surface area contributed by atoms with Crippen molar-refractivity contribution in [3.63, 3.8) is 0 Å². The fourth-order valence-corrected chi connectivity index (χ4v) is 3.42. The van der Waals surface area contributed by atoms with Crippen LogP contribution in [0.3, 0.4) is 0 Å². The molecule has 0 unspecified atom stereocenters. The lowest BCUT2D eigenvalue weighted by molar-refractivity contribution is 0.0951. The van der Waals surface area contributed by atoms with Crippen LogP contribution in [0, 0.1) is 0 Å². The number of rotatable bonds is 4. The first-order valence-electron chi connectivity index (χ1n) is 9.04. The van der Waals surface area contributed by atoms with Crippen molar-refractivity contribution in [3.8, 4) is 0 Å². The Hall–Kier alpha value is -2.57. The zero-order valence-electron chi connectivity index (χ0n) is 15.2. The molecule has 1 aliphatic heterocycles. The second-order valence-electron chi connectivity index (χ2n) is 6.91. The maximum atomic E-state index is 12.5. The van der Waals surface area contributed by atoms with E-state index >= 15 is 0 Å². The zero-order valence-corrected chi connectivity index (χ0v) is 16.0. The molecular weight excluding hydrogens is 362 g/mol. The van der Waals surface area contributed by atoms with Gasteiger partial charge in [0.1, 0.15) is 0 Å². The van der Waals surface area contributed by atoms with Crippen molar-refractivity contribution in [1.82, 2.24) is 20.4 Å². The van der Waals surface area contributed by atoms with E-state index < -0.39 is 0 Å². The second-order valence-corrected chi connectivity index (χ2v) is 7.34. The van der Waals surface area contributed by atoms with Crippen molar-refractivity contribution in [2.75, 3.05) is 38.1 Å². The number of piperazine rings is 1. The molecule has 2 aromatic carbocycles. The molecule has 2 N–H and O–H groups in total. The molecule has 2 heterocycles. The van der Waals surface area contributed by atoms with Crippen LogP contribution in [0.25, 0.3) is 10.9 Å². The number of likely N-dealkylation sites (N-methyl/N-ethyl adjacent to an activating group) is 1. The lowest BCUT2D eigenvalue weighted by Crippen LogP contribution is -2.44. The molecule has 0 bridgehead atoms. The minimum atomic E-state index is -0.109. The van der Waals surface area contributed by atoms with Gasteiger partial charge in [0.05, 0.1) is 5.52 Å². The van der Waals surface area contributed by atoms with Gasteiger partial charge >= 0.3 is 0 Å². The molecular formula is C20H22ClN5O. The normalized spacial score (nSPS) is 15.3. The van der Waals surface area contributed by atoms with E-state index in [4.69, 9.17) is 11.6 Å². The first-order chi connectivity index (χ1) is 13.1. The Morgan fingerprint density at radius 2 is 1.89 bits per heavy atom. The lowest BCUT2D eigenvalue weighted by atomic mass is 10.1. The predicted octanol–water partition coefficient (Wildman–Crippen LogP) is 2.90. The number of amides is 1. The van der Waals surface area contributed by atoms with Crippen LogP contribution in [0.5, 0.6) is 0 Å². The number of halogens is 1. The summed E-state index contributed by atoms with van der Waals surface area (Å²) in [6, 6.07) is 13.1. The SMILES string of the molecule is CN1CCN(c2n[nH]c3cc(C(=O)NCc4ccc(Cl)cc4)ccc23)CC1. The molecule has 1 fully saturated rings. The molecule has 1 aliphatic rings. The molecule has 1 amide bonds. The quantitative estimate of drug-likeness (QED) is 0.727. The van der Waals surface area contributed by atoms with Crippen LogP contribution in [-0.2, 0) is 6.54 Å². The van der Waals surface area contributed by atoms with Crippen LogP contribution in [0.4, 0.5) is 5.82 Å². The van der Waals surface area contributed by atoms with E-state index in [1.807, 2.05) is 42.5 Å². The van der Waals surface area contributed by atoms with Gasteiger partial charge < -0.3 is 15.1 Å². The van der Waals surface area contributed by atoms with Gasteiger partial charge in [-0.2, -0.15) is 5.10 Å². The van der Waals surface area contributed by atoms with Crippen LogP contribution in [0.2, 0.25) is 5.02 Å². The predicted molar refractivity (Wildman–Crippen MR) is 108 cm³/mol. The third kappa shape index (κ3) is 3.91. The first-order valence-corrected chi connectivity index (χ1v) is 9.42. The number of carbonyl (C=O) groups is 1. The average Bonchev–Trinajstić information content (AvgIpc) is 3.11. The largest absolute Gasteiger partial charge is 0.352 e. The third-order valence-electron chi connectivity index (χ3n) is 4.97. The van der Waals surface area contributed by atoms with Gasteiger partial charge in [-0.05, 0) is 42.9 Å². The van der Waals surface area contributed by atoms with E-state index in [2.05, 4.69) is 32.4 Å². The topological polar surface area (TPSA) is 64.3 Å². The number of H-pyrrole nitrogens is 1. The summed E-state index contributed by atoms with van der Waals surface area (Å²) in [7, 11) is 2.13. The fraction of sp³-hybridized carbons (Fsp3) is 0.300. The Kier molecular flexibility index (Phi) is 5.01. The van der Waals surface area contributed by atoms with Crippen LogP contribution in [0.1, 0.15) is 15.9 Å². The molecule has 4 rings (SSSR count). The maximum Gasteiger partial charge on any atom is 0.251 e. The van der Waals surface area contributed by atoms with Gasteiger partial charge in [-0.1, -0.05) is 23.7 Å². The highest BCUT2D eigenvalue weighted by atomic mass is 35.5. The summed E-state index contributed by atoms with van der Waals surface area (Å²) in [6.45, 7) is 4.43. The Morgan fingerprint density at radius 3 is 2.63 bits per heavy atom. The summed E-state index contributed by atoms with van der Waals surface area (Å²) in [4.78, 5) is 17.1. The van der Waals surface area contributed by atoms with Crippen molar-refractivity contribution < 1.29 is 4.79 Å². The number of carbonyl (C=O) groups excluding carboxylic acids is 1. The zero-order chi connectivity index (χ0) is 18.8. The van der Waals surface area contributed by atoms with E-state index in [1.165, 1.54) is 0 Å². The van der Waals surface area contributed by atoms with Gasteiger partial charge in [-0.15, -0.1) is 0 Å². The maximum absolute atomic E-state index is 12.5. The summed E-state index contributed by atoms with van der Waals surface area (Å²) in [5.41, 5.74) is 2.50. The molecule has 1 saturated heterocycles. The second kappa shape index (κ2) is 7.58. The average molecular weight is 384 g/mol. The number of hydrogen-bond donors (Lipinski definition) is 2. The summed E-state index contributed by atoms with van der Waals surface area (Å²) in [5.74, 6) is 0.855. The third-order valence-corrected chi connectivity index (χ3v) is 5.23. The molecule has 0 atom stereocenters. The summed E-state index contributed by atoms with van der Waals surface area (Å²) in [5, 5.41) is 12.2. The number of anilines is 1. The summed E-state index contributed by atoms with van der Waals surface area (Å²) < 4.78 is 0. The van der Waals surface area contributed by atoms with Gasteiger partial charge in [-0.25, -0.2) is 0 Å². The minimum absolute atomic E-state index is 0.109. The smallest absolute Gasteiger partial charge is 0.251 e. The van der Waals surface area contributed by atoms with Gasteiger partial charge in [0, 0.05) is 48.7 Å². The Morgan fingerprint density at radius 1 is 1.15 bits per heavy atom. The van der Waals surface area contributed by atoms with Gasteiger partial charge in [-0.3, -0.25) is 9.89 Å². The molecule has 0 spiro atoms. The number of fused-ring (bicyclic) bond motifs is 1. The van der Waals surface area contributed by atoms with Crippen LogP contribution in [0.15, 0.2) is 42.5 Å². The van der Waals surface area contributed by atoms with Crippen molar-refractivity contribution >= 4 is 34.2 Å². The molecule has 6 nitrogen and oxygen atoms in total. The Balaban J connectivity index is 1.47. The van der Waals surface area contributed by atoms with E-state index in [1.54, 1.807) is 0 Å². The highest BCUT2D eigenvalue weighted by Crippen LogP contribution is 2.25. The standard InChI is InChI=1S/C20H22ClN5O/c1-25-8-10-26(11-9-25)19-17-7-4-15(12-18(17)23-24-19)20(27)22-13-14-2-5-16(21)6-3-14/h2-7,12H,8-11,13H2,1H3,(H,22,27)(H,23,24). The van der Waals surface area contributed by atoms with Crippen molar-refractivity contribution in [2.24, 2.45) is 0 Å². The van der Waals surface area contributed by atoms with Crippen LogP contribution >= 0.6 is 11.6 Å². The molecule has 27 heavy (non-hydrogen) atoms. The number of benzene rings is 2. The minimum Gasteiger partial charge on any atom is -0.352 e. The summed E-state index contributed by atoms with van der Waals surface area (Å²) in [6.07, 6.45) is 0. The first kappa shape index (κ1) is 17.8. The monoisotopic (exact) mass is 383 g/mol. The van der Waals surface area contributed by atoms with Gasteiger partial charge in [0.2, 0.25) is 0 Å². The summed E-state index contributed by atoms with van der Waals surface area (Å²) >= 11 is 5.89. The molecule has 0 saturated carbocycles. The van der Waals surface area contributed by atoms with Crippen LogP contribution in [-0.4, -0.2) is 54.2 Å². The number of aromatic nitrogens is 2. The Labute approximate surface area is 163 Å². The Bertz CT molecular complexity index is 945. The molecule has 0 aliphatic carbocycles. The molecule has 0 radical (unpaired) electrons. The molecule has 3 aromatic rings. The van der Waals surface area contributed by atoms with E-state index in [0.717, 1.165) is 48.5 Å². The lowest BCUT2D eigenvalue weighted by Gasteiger charge is -2.32. The van der Waals surface area contributed by atoms with Gasteiger partial charge in [0.25, 0.3) is 5.91 Å². The molecule has 140 valence electrons. The van der Waals surface area contributed by atoms with Crippen LogP contribution < -0.4 is 10.2 Å². The van der Waals surface area contributed by atoms with Crippen molar-refractivity contribution in [3.05, 3.63) is 58.6 Å². The van der Waals surface area contributed by atoms with Crippen molar-refractivity contribution in [2.45, 2.75) is 6.54 Å². The van der Waals surface area contributed by atoms with E-state index in [0.29, 0.717) is 17.1 Å². The number of nitrogens with one attached hydrogen (secondary N) is 2. The molecule has 1 aromatic heterocycles. The van der Waals surface area contributed by atoms with E-state index in [-0.39, 0.29) is 5.91 Å². The number of aromatic amines is 1. The van der Waals surface area contributed by atoms with Crippen molar-refractivity contribution in [1.29, 1.82) is 0 Å². The van der Waals surface area contributed by atoms with Gasteiger partial charge in [0.15, 0.2) is 5.82 Å². The van der Waals surface area contributed by atoms with E-state index in [9.17, 15) is 4.79 Å².